The van der Waals surface area contributed by atoms with Crippen LogP contribution in [0.25, 0.3) is 0 Å². The maximum absolute atomic E-state index is 6.17. The highest BCUT2D eigenvalue weighted by Gasteiger charge is 2.39. The highest BCUT2D eigenvalue weighted by molar-refractivity contribution is 6.30. The zero-order valence-corrected chi connectivity index (χ0v) is 12.5. The second-order valence-corrected chi connectivity index (χ2v) is 6.43. The first-order chi connectivity index (χ1) is 9.17. The van der Waals surface area contributed by atoms with Gasteiger partial charge in [-0.25, -0.2) is 9.97 Å². The lowest BCUT2D eigenvalue weighted by atomic mass is 9.89. The van der Waals surface area contributed by atoms with Crippen molar-refractivity contribution in [1.29, 1.82) is 0 Å². The Bertz CT molecular complexity index is 475. The van der Waals surface area contributed by atoms with E-state index in [4.69, 9.17) is 11.6 Å². The van der Waals surface area contributed by atoms with E-state index in [9.17, 15) is 0 Å². The Morgan fingerprint density at radius 2 is 2.11 bits per heavy atom. The molecule has 0 saturated heterocycles. The van der Waals surface area contributed by atoms with E-state index >= 15 is 0 Å². The number of anilines is 1. The molecule has 0 amide bonds. The van der Waals surface area contributed by atoms with E-state index in [1.165, 1.54) is 25.7 Å². The Labute approximate surface area is 120 Å². The summed E-state index contributed by atoms with van der Waals surface area (Å²) in [5.74, 6) is 4.53. The van der Waals surface area contributed by atoms with Crippen LogP contribution < -0.4 is 5.32 Å². The Morgan fingerprint density at radius 1 is 1.26 bits per heavy atom. The van der Waals surface area contributed by atoms with Crippen molar-refractivity contribution in [3.05, 3.63) is 16.5 Å². The van der Waals surface area contributed by atoms with Crippen molar-refractivity contribution >= 4 is 17.4 Å². The van der Waals surface area contributed by atoms with Gasteiger partial charge in [0.2, 0.25) is 0 Å². The Kier molecular flexibility index (Phi) is 3.66. The molecule has 1 N–H and O–H groups in total. The predicted octanol–water partition coefficient (Wildman–Crippen LogP) is 3.85. The lowest BCUT2D eigenvalue weighted by Crippen LogP contribution is -2.21. The number of nitrogens with zero attached hydrogens (tertiary/aromatic N) is 2. The second kappa shape index (κ2) is 5.28. The average Bonchev–Trinajstić information content (AvgIpc) is 3.02. The van der Waals surface area contributed by atoms with Crippen LogP contribution in [-0.2, 0) is 6.42 Å². The van der Waals surface area contributed by atoms with Crippen LogP contribution in [0.4, 0.5) is 5.82 Å². The van der Waals surface area contributed by atoms with Crippen LogP contribution in [0.2, 0.25) is 5.15 Å². The highest BCUT2D eigenvalue weighted by atomic mass is 35.5. The van der Waals surface area contributed by atoms with Crippen LogP contribution in [-0.4, -0.2) is 16.5 Å². The lowest BCUT2D eigenvalue weighted by Gasteiger charge is -2.22. The summed E-state index contributed by atoms with van der Waals surface area (Å²) in [6, 6.07) is 0. The number of fused-ring (bicyclic) bond motifs is 2. The maximum Gasteiger partial charge on any atom is 0.137 e. The summed E-state index contributed by atoms with van der Waals surface area (Å²) in [5, 5.41) is 4.11. The number of hydrogen-bond donors (Lipinski definition) is 1. The van der Waals surface area contributed by atoms with Gasteiger partial charge in [0.15, 0.2) is 0 Å². The second-order valence-electron chi connectivity index (χ2n) is 6.07. The molecule has 1 aromatic rings. The van der Waals surface area contributed by atoms with Gasteiger partial charge in [0.05, 0.1) is 0 Å². The fraction of sp³-hybridized carbons (Fsp3) is 0.733. The molecule has 19 heavy (non-hydrogen) atoms. The quantitative estimate of drug-likeness (QED) is 0.851. The van der Waals surface area contributed by atoms with Gasteiger partial charge in [0.1, 0.15) is 16.8 Å². The minimum atomic E-state index is 0.585. The average molecular weight is 280 g/mol. The first kappa shape index (κ1) is 13.2. The molecule has 4 heteroatoms. The van der Waals surface area contributed by atoms with Gasteiger partial charge in [-0.15, -0.1) is 0 Å². The van der Waals surface area contributed by atoms with Crippen LogP contribution in [0.3, 0.4) is 0 Å². The molecular weight excluding hydrogens is 258 g/mol. The molecule has 0 aromatic carbocycles. The first-order valence-corrected chi connectivity index (χ1v) is 7.82. The summed E-state index contributed by atoms with van der Waals surface area (Å²) >= 11 is 6.17. The lowest BCUT2D eigenvalue weighted by molar-refractivity contribution is 0.348. The first-order valence-electron chi connectivity index (χ1n) is 7.44. The Morgan fingerprint density at radius 3 is 2.74 bits per heavy atom. The highest BCUT2D eigenvalue weighted by Crippen LogP contribution is 2.48. The Balaban J connectivity index is 1.68. The van der Waals surface area contributed by atoms with E-state index in [0.717, 1.165) is 47.9 Å². The van der Waals surface area contributed by atoms with Crippen molar-refractivity contribution in [1.82, 2.24) is 9.97 Å². The van der Waals surface area contributed by atoms with Crippen molar-refractivity contribution in [3.63, 3.8) is 0 Å². The molecule has 3 unspecified atom stereocenters. The molecule has 1 heterocycles. The maximum atomic E-state index is 6.17. The third-order valence-electron chi connectivity index (χ3n) is 4.87. The minimum absolute atomic E-state index is 0.585. The zero-order valence-electron chi connectivity index (χ0n) is 11.7. The molecule has 0 spiro atoms. The number of rotatable bonds is 4. The van der Waals surface area contributed by atoms with Gasteiger partial charge in [0.25, 0.3) is 0 Å². The van der Waals surface area contributed by atoms with Gasteiger partial charge < -0.3 is 5.32 Å². The van der Waals surface area contributed by atoms with Gasteiger partial charge in [-0.05, 0) is 43.9 Å². The molecule has 2 aliphatic carbocycles. The topological polar surface area (TPSA) is 37.8 Å². The molecule has 3 nitrogen and oxygen atoms in total. The minimum Gasteiger partial charge on any atom is -0.369 e. The summed E-state index contributed by atoms with van der Waals surface area (Å²) in [6.07, 6.45) is 6.56. The number of aromatic nitrogens is 2. The Hall–Kier alpha value is -0.830. The van der Waals surface area contributed by atoms with Gasteiger partial charge in [-0.2, -0.15) is 0 Å². The molecule has 0 radical (unpaired) electrons. The molecule has 0 aliphatic heterocycles. The van der Waals surface area contributed by atoms with Crippen LogP contribution >= 0.6 is 11.6 Å². The molecule has 2 saturated carbocycles. The van der Waals surface area contributed by atoms with Crippen LogP contribution in [0.1, 0.15) is 44.0 Å². The van der Waals surface area contributed by atoms with Gasteiger partial charge in [0, 0.05) is 18.5 Å². The summed E-state index contributed by atoms with van der Waals surface area (Å²) in [5.41, 5.74) is 0.974. The molecule has 2 aliphatic rings. The van der Waals surface area contributed by atoms with Crippen molar-refractivity contribution in [2.24, 2.45) is 17.8 Å². The van der Waals surface area contributed by atoms with Crippen molar-refractivity contribution in [2.75, 3.05) is 11.9 Å². The summed E-state index contributed by atoms with van der Waals surface area (Å²) in [4.78, 5) is 8.85. The monoisotopic (exact) mass is 279 g/mol. The SMILES string of the molecule is CCc1nc(Cl)c(C)c(NCC2CC3CCC2C3)n1. The van der Waals surface area contributed by atoms with E-state index in [1.54, 1.807) is 0 Å². The van der Waals surface area contributed by atoms with E-state index in [2.05, 4.69) is 22.2 Å². The fourth-order valence-corrected chi connectivity index (χ4v) is 3.90. The van der Waals surface area contributed by atoms with E-state index in [1.807, 2.05) is 6.92 Å². The third-order valence-corrected chi connectivity index (χ3v) is 5.23. The molecule has 2 bridgehead atoms. The predicted molar refractivity (Wildman–Crippen MR) is 78.6 cm³/mol. The van der Waals surface area contributed by atoms with Crippen LogP contribution in [0.15, 0.2) is 0 Å². The molecule has 2 fully saturated rings. The standard InChI is InChI=1S/C15H22ClN3/c1-3-13-18-14(16)9(2)15(19-13)17-8-12-7-10-4-5-11(12)6-10/h10-12H,3-8H2,1-2H3,(H,17,18,19). The third kappa shape index (κ3) is 2.58. The van der Waals surface area contributed by atoms with Gasteiger partial charge in [-0.1, -0.05) is 24.9 Å². The fourth-order valence-electron chi connectivity index (χ4n) is 3.72. The largest absolute Gasteiger partial charge is 0.369 e. The molecule has 3 atom stereocenters. The number of hydrogen-bond acceptors (Lipinski definition) is 3. The van der Waals surface area contributed by atoms with Crippen molar-refractivity contribution < 1.29 is 0 Å². The van der Waals surface area contributed by atoms with Gasteiger partial charge >= 0.3 is 0 Å². The van der Waals surface area contributed by atoms with Crippen LogP contribution in [0.5, 0.6) is 0 Å². The smallest absolute Gasteiger partial charge is 0.137 e. The number of halogens is 1. The van der Waals surface area contributed by atoms with Crippen LogP contribution in [0, 0.1) is 24.7 Å². The van der Waals surface area contributed by atoms with E-state index < -0.39 is 0 Å². The van der Waals surface area contributed by atoms with E-state index in [-0.39, 0.29) is 0 Å². The molecule has 3 rings (SSSR count). The van der Waals surface area contributed by atoms with Crippen molar-refractivity contribution in [2.45, 2.75) is 46.0 Å². The normalized spacial score (nSPS) is 28.9. The number of aryl methyl sites for hydroxylation is 1. The van der Waals surface area contributed by atoms with Crippen molar-refractivity contribution in [3.8, 4) is 0 Å². The zero-order chi connectivity index (χ0) is 13.4. The summed E-state index contributed by atoms with van der Waals surface area (Å²) < 4.78 is 0. The molecular formula is C15H22ClN3. The summed E-state index contributed by atoms with van der Waals surface area (Å²) in [7, 11) is 0. The summed E-state index contributed by atoms with van der Waals surface area (Å²) in [6.45, 7) is 5.09. The van der Waals surface area contributed by atoms with Gasteiger partial charge in [-0.3, -0.25) is 0 Å². The molecule has 104 valence electrons. The van der Waals surface area contributed by atoms with E-state index in [0.29, 0.717) is 5.15 Å². The molecule has 1 aromatic heterocycles. The number of nitrogens with one attached hydrogen (secondary N) is 1.